The van der Waals surface area contributed by atoms with Gasteiger partial charge in [-0.25, -0.2) is 0 Å². The molecule has 0 radical (unpaired) electrons. The average molecular weight is 267 g/mol. The van der Waals surface area contributed by atoms with Crippen LogP contribution in [0.2, 0.25) is 0 Å². The van der Waals surface area contributed by atoms with Gasteiger partial charge in [0, 0.05) is 13.2 Å². The smallest absolute Gasteiger partial charge is 0.0804 e. The van der Waals surface area contributed by atoms with Crippen molar-refractivity contribution < 1.29 is 4.74 Å². The monoisotopic (exact) mass is 267 g/mol. The summed E-state index contributed by atoms with van der Waals surface area (Å²) in [5.74, 6) is 1.78. The molecule has 0 amide bonds. The molecule has 0 aromatic rings. The molecule has 2 nitrogen and oxygen atoms in total. The van der Waals surface area contributed by atoms with Gasteiger partial charge in [-0.3, -0.25) is 0 Å². The molecule has 2 N–H and O–H groups in total. The molecule has 2 aliphatic carbocycles. The zero-order valence-electron chi connectivity index (χ0n) is 13.2. The Labute approximate surface area is 119 Å². The Morgan fingerprint density at radius 2 is 1.74 bits per heavy atom. The van der Waals surface area contributed by atoms with Gasteiger partial charge in [-0.05, 0) is 49.4 Å². The van der Waals surface area contributed by atoms with Gasteiger partial charge in [0.15, 0.2) is 0 Å². The molecule has 19 heavy (non-hydrogen) atoms. The summed E-state index contributed by atoms with van der Waals surface area (Å²) in [6, 6.07) is 0. The van der Waals surface area contributed by atoms with Crippen LogP contribution in [-0.4, -0.2) is 18.8 Å². The summed E-state index contributed by atoms with van der Waals surface area (Å²) in [6.07, 6.45) is 10.4. The van der Waals surface area contributed by atoms with Gasteiger partial charge < -0.3 is 10.5 Å². The van der Waals surface area contributed by atoms with E-state index in [4.69, 9.17) is 10.5 Å². The molecule has 2 saturated carbocycles. The normalized spacial score (nSPS) is 33.2. The van der Waals surface area contributed by atoms with E-state index in [0.717, 1.165) is 31.3 Å². The second-order valence-corrected chi connectivity index (χ2v) is 7.96. The van der Waals surface area contributed by atoms with Gasteiger partial charge in [-0.1, -0.05) is 40.0 Å². The Morgan fingerprint density at radius 3 is 2.16 bits per heavy atom. The van der Waals surface area contributed by atoms with Gasteiger partial charge in [0.25, 0.3) is 0 Å². The van der Waals surface area contributed by atoms with Crippen LogP contribution in [0.3, 0.4) is 0 Å². The van der Waals surface area contributed by atoms with Crippen molar-refractivity contribution in [2.75, 3.05) is 13.2 Å². The SMILES string of the molecule is CC(C)(C)C1CCC(CN)(OCCC2CCC2)CC1. The van der Waals surface area contributed by atoms with Crippen LogP contribution in [0.1, 0.15) is 72.1 Å². The van der Waals surface area contributed by atoms with Crippen LogP contribution in [0.5, 0.6) is 0 Å². The summed E-state index contributed by atoms with van der Waals surface area (Å²) >= 11 is 0. The number of hydrogen-bond donors (Lipinski definition) is 1. The highest BCUT2D eigenvalue weighted by Gasteiger charge is 2.38. The van der Waals surface area contributed by atoms with Crippen molar-refractivity contribution in [1.82, 2.24) is 0 Å². The van der Waals surface area contributed by atoms with E-state index in [1.54, 1.807) is 0 Å². The third-order valence-corrected chi connectivity index (χ3v) is 5.65. The van der Waals surface area contributed by atoms with Crippen molar-refractivity contribution in [2.24, 2.45) is 23.0 Å². The van der Waals surface area contributed by atoms with Gasteiger partial charge in [0.2, 0.25) is 0 Å². The van der Waals surface area contributed by atoms with Crippen molar-refractivity contribution >= 4 is 0 Å². The summed E-state index contributed by atoms with van der Waals surface area (Å²) in [5.41, 5.74) is 6.47. The van der Waals surface area contributed by atoms with Crippen LogP contribution in [0, 0.1) is 17.3 Å². The van der Waals surface area contributed by atoms with Crippen LogP contribution in [-0.2, 0) is 4.74 Å². The van der Waals surface area contributed by atoms with Crippen LogP contribution in [0.25, 0.3) is 0 Å². The molecule has 0 heterocycles. The fraction of sp³-hybridized carbons (Fsp3) is 1.00. The standard InChI is InChI=1S/C17H33NO/c1-16(2,3)15-7-10-17(13-18,11-8-15)19-12-9-14-5-4-6-14/h14-15H,4-13,18H2,1-3H3. The molecular formula is C17H33NO. The highest BCUT2D eigenvalue weighted by molar-refractivity contribution is 4.91. The molecule has 0 aromatic carbocycles. The highest BCUT2D eigenvalue weighted by Crippen LogP contribution is 2.42. The van der Waals surface area contributed by atoms with Crippen molar-refractivity contribution in [1.29, 1.82) is 0 Å². The molecule has 0 unspecified atom stereocenters. The molecular weight excluding hydrogens is 234 g/mol. The summed E-state index contributed by atoms with van der Waals surface area (Å²) in [4.78, 5) is 0. The van der Waals surface area contributed by atoms with E-state index in [0.29, 0.717) is 12.0 Å². The lowest BCUT2D eigenvalue weighted by molar-refractivity contribution is -0.0849. The van der Waals surface area contributed by atoms with Gasteiger partial charge in [0.1, 0.15) is 0 Å². The van der Waals surface area contributed by atoms with E-state index in [1.807, 2.05) is 0 Å². The molecule has 2 heteroatoms. The number of nitrogens with two attached hydrogens (primary N) is 1. The molecule has 0 bridgehead atoms. The molecule has 0 atom stereocenters. The van der Waals surface area contributed by atoms with Gasteiger partial charge in [-0.15, -0.1) is 0 Å². The zero-order chi connectivity index (χ0) is 13.9. The first-order valence-electron chi connectivity index (χ1n) is 8.29. The van der Waals surface area contributed by atoms with Crippen molar-refractivity contribution in [3.05, 3.63) is 0 Å². The Bertz CT molecular complexity index is 269. The van der Waals surface area contributed by atoms with Crippen LogP contribution >= 0.6 is 0 Å². The van der Waals surface area contributed by atoms with Crippen molar-refractivity contribution in [2.45, 2.75) is 77.7 Å². The quantitative estimate of drug-likeness (QED) is 0.813. The van der Waals surface area contributed by atoms with E-state index in [2.05, 4.69) is 20.8 Å². The molecule has 2 rings (SSSR count). The van der Waals surface area contributed by atoms with Crippen LogP contribution in [0.4, 0.5) is 0 Å². The minimum Gasteiger partial charge on any atom is -0.374 e. The van der Waals surface area contributed by atoms with E-state index >= 15 is 0 Å². The largest absolute Gasteiger partial charge is 0.374 e. The minimum absolute atomic E-state index is 0.00545. The summed E-state index contributed by atoms with van der Waals surface area (Å²) in [7, 11) is 0. The first kappa shape index (κ1) is 15.3. The maximum Gasteiger partial charge on any atom is 0.0804 e. The van der Waals surface area contributed by atoms with Crippen molar-refractivity contribution in [3.63, 3.8) is 0 Å². The number of ether oxygens (including phenoxy) is 1. The first-order valence-corrected chi connectivity index (χ1v) is 8.29. The van der Waals surface area contributed by atoms with Gasteiger partial charge >= 0.3 is 0 Å². The lowest BCUT2D eigenvalue weighted by Crippen LogP contribution is -2.46. The summed E-state index contributed by atoms with van der Waals surface area (Å²) < 4.78 is 6.26. The molecule has 2 fully saturated rings. The Kier molecular flexibility index (Phi) is 4.94. The molecule has 112 valence electrons. The van der Waals surface area contributed by atoms with E-state index < -0.39 is 0 Å². The predicted octanol–water partition coefficient (Wildman–Crippen LogP) is 4.13. The second kappa shape index (κ2) is 6.13. The molecule has 2 aliphatic rings. The fourth-order valence-corrected chi connectivity index (χ4v) is 3.64. The van der Waals surface area contributed by atoms with Gasteiger partial charge in [-0.2, -0.15) is 0 Å². The number of rotatable bonds is 5. The maximum atomic E-state index is 6.26. The predicted molar refractivity (Wildman–Crippen MR) is 81.1 cm³/mol. The fourth-order valence-electron chi connectivity index (χ4n) is 3.64. The zero-order valence-corrected chi connectivity index (χ0v) is 13.2. The minimum atomic E-state index is 0.00545. The molecule has 0 aliphatic heterocycles. The topological polar surface area (TPSA) is 35.2 Å². The first-order chi connectivity index (χ1) is 8.95. The Hall–Kier alpha value is -0.0800. The highest BCUT2D eigenvalue weighted by atomic mass is 16.5. The average Bonchev–Trinajstić information content (AvgIpc) is 2.32. The van der Waals surface area contributed by atoms with Gasteiger partial charge in [0.05, 0.1) is 5.60 Å². The summed E-state index contributed by atoms with van der Waals surface area (Å²) in [5, 5.41) is 0. The molecule has 0 aromatic heterocycles. The third-order valence-electron chi connectivity index (χ3n) is 5.65. The summed E-state index contributed by atoms with van der Waals surface area (Å²) in [6.45, 7) is 8.73. The second-order valence-electron chi connectivity index (χ2n) is 7.96. The van der Waals surface area contributed by atoms with E-state index in [9.17, 15) is 0 Å². The maximum absolute atomic E-state index is 6.26. The van der Waals surface area contributed by atoms with Crippen molar-refractivity contribution in [3.8, 4) is 0 Å². The third kappa shape index (κ3) is 3.95. The van der Waals surface area contributed by atoms with Crippen LogP contribution in [0.15, 0.2) is 0 Å². The van der Waals surface area contributed by atoms with E-state index in [-0.39, 0.29) is 5.60 Å². The van der Waals surface area contributed by atoms with Crippen LogP contribution < -0.4 is 5.73 Å². The van der Waals surface area contributed by atoms with E-state index in [1.165, 1.54) is 38.5 Å². The number of hydrogen-bond acceptors (Lipinski definition) is 2. The molecule has 0 spiro atoms. The Morgan fingerprint density at radius 1 is 1.11 bits per heavy atom. The lowest BCUT2D eigenvalue weighted by Gasteiger charge is -2.43. The lowest BCUT2D eigenvalue weighted by atomic mass is 9.68. The molecule has 0 saturated heterocycles. The Balaban J connectivity index is 1.76.